The van der Waals surface area contributed by atoms with E-state index in [0.717, 1.165) is 12.8 Å². The first-order valence-electron chi connectivity index (χ1n) is 5.14. The van der Waals surface area contributed by atoms with E-state index in [9.17, 15) is 0 Å². The Balaban J connectivity index is 2.81. The zero-order valence-corrected chi connectivity index (χ0v) is 9.64. The lowest BCUT2D eigenvalue weighted by Gasteiger charge is -2.01. The van der Waals surface area contributed by atoms with Crippen molar-refractivity contribution in [3.8, 4) is 0 Å². The van der Waals surface area contributed by atoms with E-state index in [1.807, 2.05) is 0 Å². The van der Waals surface area contributed by atoms with Crippen LogP contribution in [0.5, 0.6) is 0 Å². The van der Waals surface area contributed by atoms with Crippen molar-refractivity contribution in [2.24, 2.45) is 0 Å². The Labute approximate surface area is 91.6 Å². The van der Waals surface area contributed by atoms with Crippen LogP contribution in [0.25, 0.3) is 6.08 Å². The van der Waals surface area contributed by atoms with E-state index in [1.54, 1.807) is 0 Å². The van der Waals surface area contributed by atoms with Crippen LogP contribution in [0, 0.1) is 0 Å². The molecule has 0 N–H and O–H groups in total. The minimum Gasteiger partial charge on any atom is -0.122 e. The number of hydrogen-bond donors (Lipinski definition) is 0. The molecule has 1 rings (SSSR count). The van der Waals surface area contributed by atoms with E-state index in [1.165, 1.54) is 16.7 Å². The number of alkyl halides is 1. The number of allylic oxidation sites excluding steroid dienone is 1. The lowest BCUT2D eigenvalue weighted by atomic mass is 10.1. The summed E-state index contributed by atoms with van der Waals surface area (Å²) in [5.41, 5.74) is 3.92. The molecule has 0 atom stereocenters. The highest BCUT2D eigenvalue weighted by Crippen LogP contribution is 2.12. The molecule has 0 fully saturated rings. The highest BCUT2D eigenvalue weighted by Gasteiger charge is 1.93. The summed E-state index contributed by atoms with van der Waals surface area (Å²) < 4.78 is 0. The highest BCUT2D eigenvalue weighted by molar-refractivity contribution is 6.19. The zero-order chi connectivity index (χ0) is 10.4. The topological polar surface area (TPSA) is 0 Å². The van der Waals surface area contributed by atoms with Gasteiger partial charge in [-0.3, -0.25) is 0 Å². The van der Waals surface area contributed by atoms with E-state index in [4.69, 9.17) is 11.6 Å². The fraction of sp³-hybridized carbons (Fsp3) is 0.385. The quantitative estimate of drug-likeness (QED) is 0.648. The summed E-state index contributed by atoms with van der Waals surface area (Å²) in [5, 5.41) is 0. The molecule has 0 spiro atoms. The number of hydrogen-bond acceptors (Lipinski definition) is 0. The lowest BCUT2D eigenvalue weighted by molar-refractivity contribution is 1.11. The van der Waals surface area contributed by atoms with Gasteiger partial charge in [0.1, 0.15) is 0 Å². The van der Waals surface area contributed by atoms with Crippen molar-refractivity contribution in [2.75, 3.05) is 5.88 Å². The molecule has 76 valence electrons. The molecule has 0 aromatic heterocycles. The molecule has 0 bridgehead atoms. The largest absolute Gasteiger partial charge is 0.122 e. The van der Waals surface area contributed by atoms with Crippen molar-refractivity contribution >= 4 is 17.7 Å². The summed E-state index contributed by atoms with van der Waals surface area (Å²) in [5.74, 6) is 0.631. The summed E-state index contributed by atoms with van der Waals surface area (Å²) in [4.78, 5) is 0. The molecule has 0 amide bonds. The van der Waals surface area contributed by atoms with Gasteiger partial charge >= 0.3 is 0 Å². The van der Waals surface area contributed by atoms with Gasteiger partial charge in [0.05, 0.1) is 0 Å². The van der Waals surface area contributed by atoms with Crippen molar-refractivity contribution in [1.29, 1.82) is 0 Å². The Morgan fingerprint density at radius 3 is 2.29 bits per heavy atom. The van der Waals surface area contributed by atoms with E-state index in [0.29, 0.717) is 5.88 Å². The standard InChI is InChI=1S/C13H17Cl/c1-3-11-5-7-13(8-6-11)9-12(4-2)10-14/h5-9H,3-4,10H2,1-2H3. The predicted octanol–water partition coefficient (Wildman–Crippen LogP) is 4.28. The first-order chi connectivity index (χ1) is 6.80. The second-order valence-electron chi connectivity index (χ2n) is 3.38. The van der Waals surface area contributed by atoms with Crippen LogP contribution in [-0.2, 0) is 6.42 Å². The van der Waals surface area contributed by atoms with Crippen LogP contribution in [0.1, 0.15) is 31.4 Å². The second-order valence-corrected chi connectivity index (χ2v) is 3.65. The van der Waals surface area contributed by atoms with Crippen LogP contribution in [0.4, 0.5) is 0 Å². The van der Waals surface area contributed by atoms with Gasteiger partial charge in [-0.15, -0.1) is 11.6 Å². The minimum atomic E-state index is 0.631. The van der Waals surface area contributed by atoms with Crippen molar-refractivity contribution in [3.05, 3.63) is 41.0 Å². The minimum absolute atomic E-state index is 0.631. The van der Waals surface area contributed by atoms with E-state index in [2.05, 4.69) is 44.2 Å². The fourth-order valence-electron chi connectivity index (χ4n) is 1.32. The van der Waals surface area contributed by atoms with Gasteiger partial charge in [0.15, 0.2) is 0 Å². The normalized spacial score (nSPS) is 11.8. The van der Waals surface area contributed by atoms with Gasteiger partial charge in [-0.25, -0.2) is 0 Å². The molecule has 0 heterocycles. The van der Waals surface area contributed by atoms with Gasteiger partial charge < -0.3 is 0 Å². The molecule has 0 aliphatic carbocycles. The SMILES string of the molecule is CCC(=Cc1ccc(CC)cc1)CCl. The third-order valence-corrected chi connectivity index (χ3v) is 2.73. The molecule has 1 aromatic rings. The van der Waals surface area contributed by atoms with Crippen molar-refractivity contribution in [3.63, 3.8) is 0 Å². The molecule has 0 radical (unpaired) electrons. The Kier molecular flexibility index (Phi) is 4.75. The first kappa shape index (κ1) is 11.3. The maximum absolute atomic E-state index is 5.81. The van der Waals surface area contributed by atoms with Gasteiger partial charge in [0.25, 0.3) is 0 Å². The molecule has 0 unspecified atom stereocenters. The number of halogens is 1. The van der Waals surface area contributed by atoms with Crippen molar-refractivity contribution in [2.45, 2.75) is 26.7 Å². The molecule has 0 saturated carbocycles. The smallest absolute Gasteiger partial charge is 0.0436 e. The molecule has 1 heteroatoms. The fourth-order valence-corrected chi connectivity index (χ4v) is 1.59. The third kappa shape index (κ3) is 3.19. The van der Waals surface area contributed by atoms with Crippen LogP contribution in [0.15, 0.2) is 29.8 Å². The summed E-state index contributed by atoms with van der Waals surface area (Å²) in [6, 6.07) is 8.66. The Morgan fingerprint density at radius 2 is 1.86 bits per heavy atom. The number of aryl methyl sites for hydroxylation is 1. The number of benzene rings is 1. The zero-order valence-electron chi connectivity index (χ0n) is 8.89. The van der Waals surface area contributed by atoms with Crippen LogP contribution >= 0.6 is 11.6 Å². The first-order valence-corrected chi connectivity index (χ1v) is 5.68. The summed E-state index contributed by atoms with van der Waals surface area (Å²) in [6.45, 7) is 4.30. The Bertz CT molecular complexity index is 290. The van der Waals surface area contributed by atoms with Crippen molar-refractivity contribution in [1.82, 2.24) is 0 Å². The van der Waals surface area contributed by atoms with Crippen LogP contribution in [-0.4, -0.2) is 5.88 Å². The van der Waals surface area contributed by atoms with Crippen LogP contribution in [0.3, 0.4) is 0 Å². The Morgan fingerprint density at radius 1 is 1.21 bits per heavy atom. The molecule has 0 saturated heterocycles. The monoisotopic (exact) mass is 208 g/mol. The third-order valence-electron chi connectivity index (χ3n) is 2.38. The molecule has 14 heavy (non-hydrogen) atoms. The predicted molar refractivity (Wildman–Crippen MR) is 64.8 cm³/mol. The van der Waals surface area contributed by atoms with Crippen LogP contribution in [0.2, 0.25) is 0 Å². The highest BCUT2D eigenvalue weighted by atomic mass is 35.5. The summed E-state index contributed by atoms with van der Waals surface area (Å²) in [7, 11) is 0. The molecule has 1 aromatic carbocycles. The van der Waals surface area contributed by atoms with E-state index < -0.39 is 0 Å². The van der Waals surface area contributed by atoms with Gasteiger partial charge in [-0.1, -0.05) is 49.8 Å². The second kappa shape index (κ2) is 5.87. The molecular weight excluding hydrogens is 192 g/mol. The Hall–Kier alpha value is -0.750. The summed E-state index contributed by atoms with van der Waals surface area (Å²) in [6.07, 6.45) is 4.30. The van der Waals surface area contributed by atoms with Crippen molar-refractivity contribution < 1.29 is 0 Å². The van der Waals surface area contributed by atoms with Gasteiger partial charge in [-0.05, 0) is 24.0 Å². The maximum atomic E-state index is 5.81. The lowest BCUT2D eigenvalue weighted by Crippen LogP contribution is -1.84. The average molecular weight is 209 g/mol. The average Bonchev–Trinajstić information content (AvgIpc) is 2.26. The van der Waals surface area contributed by atoms with Crippen LogP contribution < -0.4 is 0 Å². The van der Waals surface area contributed by atoms with Gasteiger partial charge in [-0.2, -0.15) is 0 Å². The summed E-state index contributed by atoms with van der Waals surface area (Å²) >= 11 is 5.81. The molecule has 0 nitrogen and oxygen atoms in total. The van der Waals surface area contributed by atoms with Gasteiger partial charge in [0, 0.05) is 5.88 Å². The maximum Gasteiger partial charge on any atom is 0.0436 e. The number of rotatable bonds is 4. The van der Waals surface area contributed by atoms with Gasteiger partial charge in [0.2, 0.25) is 0 Å². The van der Waals surface area contributed by atoms with E-state index in [-0.39, 0.29) is 0 Å². The molecule has 0 aliphatic heterocycles. The molecule has 0 aliphatic rings. The molecular formula is C13H17Cl. The van der Waals surface area contributed by atoms with E-state index >= 15 is 0 Å².